The molecule has 0 saturated heterocycles. The Balaban J connectivity index is 1.89. The van der Waals surface area contributed by atoms with Gasteiger partial charge in [0.2, 0.25) is 0 Å². The largest absolute Gasteiger partial charge is 0.301 e. The molecule has 1 aliphatic rings. The van der Waals surface area contributed by atoms with E-state index in [-0.39, 0.29) is 17.4 Å². The molecule has 1 aliphatic heterocycles. The van der Waals surface area contributed by atoms with Crippen molar-refractivity contribution in [2.45, 2.75) is 31.8 Å². The second-order valence-corrected chi connectivity index (χ2v) is 7.88. The predicted molar refractivity (Wildman–Crippen MR) is 98.6 cm³/mol. The van der Waals surface area contributed by atoms with Crippen molar-refractivity contribution in [3.8, 4) is 0 Å². The van der Waals surface area contributed by atoms with Gasteiger partial charge in [-0.15, -0.1) is 0 Å². The van der Waals surface area contributed by atoms with Crippen LogP contribution in [0.15, 0.2) is 53.1 Å². The molecule has 0 amide bonds. The minimum absolute atomic E-state index is 0.0293. The Bertz CT molecular complexity index is 936. The summed E-state index contributed by atoms with van der Waals surface area (Å²) in [4.78, 5) is 4.37. The summed E-state index contributed by atoms with van der Waals surface area (Å²) in [6.45, 7) is 4.41. The molecule has 1 aromatic heterocycles. The summed E-state index contributed by atoms with van der Waals surface area (Å²) in [6, 6.07) is 13.5. The molecule has 1 atom stereocenters. The highest BCUT2D eigenvalue weighted by Gasteiger charge is 2.33. The van der Waals surface area contributed by atoms with E-state index in [4.69, 9.17) is 0 Å². The number of fused-ring (bicyclic) bond motifs is 2. The first kappa shape index (κ1) is 15.7. The van der Waals surface area contributed by atoms with Crippen LogP contribution in [0.2, 0.25) is 0 Å². The maximum absolute atomic E-state index is 13.9. The minimum Gasteiger partial charge on any atom is -0.301 e. The van der Waals surface area contributed by atoms with E-state index >= 15 is 0 Å². The van der Waals surface area contributed by atoms with Gasteiger partial charge in [-0.25, -0.2) is 4.39 Å². The zero-order valence-corrected chi connectivity index (χ0v) is 15.2. The van der Waals surface area contributed by atoms with Gasteiger partial charge in [-0.05, 0) is 55.2 Å². The van der Waals surface area contributed by atoms with E-state index in [1.807, 2.05) is 12.1 Å². The highest BCUT2D eigenvalue weighted by atomic mass is 79.9. The Kier molecular flexibility index (Phi) is 3.70. The van der Waals surface area contributed by atoms with Gasteiger partial charge in [0.1, 0.15) is 11.3 Å². The highest BCUT2D eigenvalue weighted by molar-refractivity contribution is 9.10. The van der Waals surface area contributed by atoms with Crippen LogP contribution in [-0.4, -0.2) is 10.5 Å². The fourth-order valence-electron chi connectivity index (χ4n) is 3.56. The number of halogens is 2. The maximum Gasteiger partial charge on any atom is 0.149 e. The van der Waals surface area contributed by atoms with Crippen molar-refractivity contribution < 1.29 is 4.39 Å². The lowest BCUT2D eigenvalue weighted by Gasteiger charge is -2.39. The van der Waals surface area contributed by atoms with Crippen molar-refractivity contribution in [3.05, 3.63) is 75.6 Å². The predicted octanol–water partition coefficient (Wildman–Crippen LogP) is 5.15. The number of nitrogens with zero attached hydrogens (tertiary/aromatic N) is 1. The van der Waals surface area contributed by atoms with E-state index in [9.17, 15) is 4.39 Å². The molecular weight excluding hydrogens is 367 g/mol. The lowest BCUT2D eigenvalue weighted by atomic mass is 9.81. The van der Waals surface area contributed by atoms with E-state index in [0.29, 0.717) is 5.52 Å². The van der Waals surface area contributed by atoms with Gasteiger partial charge in [0, 0.05) is 21.6 Å². The second kappa shape index (κ2) is 5.64. The molecule has 2 aromatic carbocycles. The van der Waals surface area contributed by atoms with Gasteiger partial charge in [0.05, 0.1) is 6.04 Å². The Morgan fingerprint density at radius 3 is 2.83 bits per heavy atom. The van der Waals surface area contributed by atoms with E-state index in [2.05, 4.69) is 58.3 Å². The maximum atomic E-state index is 13.9. The molecule has 122 valence electrons. The van der Waals surface area contributed by atoms with Gasteiger partial charge in [-0.1, -0.05) is 40.2 Å². The zero-order valence-electron chi connectivity index (χ0n) is 13.6. The van der Waals surface area contributed by atoms with Crippen LogP contribution >= 0.6 is 15.9 Å². The molecule has 24 heavy (non-hydrogen) atoms. The molecule has 4 heteroatoms. The molecular formula is C20H18BrFN2. The Hall–Kier alpha value is -1.78. The van der Waals surface area contributed by atoms with Gasteiger partial charge in [0.15, 0.2) is 0 Å². The lowest BCUT2D eigenvalue weighted by Crippen LogP contribution is -2.47. The Labute approximate surface area is 149 Å². The second-order valence-electron chi connectivity index (χ2n) is 7.03. The molecule has 0 bridgehead atoms. The van der Waals surface area contributed by atoms with Gasteiger partial charge < -0.3 is 5.32 Å². The highest BCUT2D eigenvalue weighted by Crippen LogP contribution is 2.38. The van der Waals surface area contributed by atoms with Crippen molar-refractivity contribution >= 4 is 26.8 Å². The first-order chi connectivity index (χ1) is 11.4. The number of benzene rings is 2. The summed E-state index contributed by atoms with van der Waals surface area (Å²) >= 11 is 3.69. The SMILES string of the molecule is CC1(C)Cc2c(Br)cccc2C(c2cnc3c(F)cccc3c2)N1. The van der Waals surface area contributed by atoms with Crippen LogP contribution in [0.4, 0.5) is 4.39 Å². The summed E-state index contributed by atoms with van der Waals surface area (Å²) in [5, 5.41) is 4.55. The van der Waals surface area contributed by atoms with Gasteiger partial charge >= 0.3 is 0 Å². The van der Waals surface area contributed by atoms with Crippen molar-refractivity contribution in [3.63, 3.8) is 0 Å². The lowest BCUT2D eigenvalue weighted by molar-refractivity contribution is 0.332. The number of pyridine rings is 1. The van der Waals surface area contributed by atoms with Crippen molar-refractivity contribution in [2.75, 3.05) is 0 Å². The number of hydrogen-bond acceptors (Lipinski definition) is 2. The van der Waals surface area contributed by atoms with E-state index in [0.717, 1.165) is 21.8 Å². The van der Waals surface area contributed by atoms with Crippen LogP contribution in [0.25, 0.3) is 10.9 Å². The molecule has 2 heterocycles. The van der Waals surface area contributed by atoms with Gasteiger partial charge in [-0.3, -0.25) is 4.98 Å². The third kappa shape index (κ3) is 2.64. The average molecular weight is 385 g/mol. The first-order valence-corrected chi connectivity index (χ1v) is 8.83. The summed E-state index contributed by atoms with van der Waals surface area (Å²) in [7, 11) is 0. The van der Waals surface area contributed by atoms with E-state index in [1.165, 1.54) is 17.2 Å². The van der Waals surface area contributed by atoms with Gasteiger partial charge in [0.25, 0.3) is 0 Å². The number of hydrogen-bond donors (Lipinski definition) is 1. The smallest absolute Gasteiger partial charge is 0.149 e. The number of nitrogens with one attached hydrogen (secondary N) is 1. The summed E-state index contributed by atoms with van der Waals surface area (Å²) < 4.78 is 15.0. The van der Waals surface area contributed by atoms with E-state index < -0.39 is 0 Å². The molecule has 0 fully saturated rings. The standard InChI is InChI=1S/C20H18BrFN2/c1-20(2)10-15-14(6-4-7-16(15)21)18(24-20)13-9-12-5-3-8-17(22)19(12)23-11-13/h3-9,11,18,24H,10H2,1-2H3. The van der Waals surface area contributed by atoms with Crippen LogP contribution in [-0.2, 0) is 6.42 Å². The van der Waals surface area contributed by atoms with E-state index in [1.54, 1.807) is 12.3 Å². The summed E-state index contributed by atoms with van der Waals surface area (Å²) in [5.41, 5.74) is 4.02. The molecule has 2 nitrogen and oxygen atoms in total. The number of para-hydroxylation sites is 1. The topological polar surface area (TPSA) is 24.9 Å². The van der Waals surface area contributed by atoms with Crippen LogP contribution in [0.1, 0.15) is 36.6 Å². The third-order valence-electron chi connectivity index (χ3n) is 4.64. The molecule has 1 N–H and O–H groups in total. The van der Waals surface area contributed by atoms with Gasteiger partial charge in [-0.2, -0.15) is 0 Å². The fraction of sp³-hybridized carbons (Fsp3) is 0.250. The molecule has 1 unspecified atom stereocenters. The van der Waals surface area contributed by atoms with Crippen LogP contribution < -0.4 is 5.32 Å². The van der Waals surface area contributed by atoms with Crippen molar-refractivity contribution in [1.29, 1.82) is 0 Å². The first-order valence-electron chi connectivity index (χ1n) is 8.04. The Morgan fingerprint density at radius 1 is 1.21 bits per heavy atom. The van der Waals surface area contributed by atoms with Crippen LogP contribution in [0.5, 0.6) is 0 Å². The number of rotatable bonds is 1. The number of aromatic nitrogens is 1. The Morgan fingerprint density at radius 2 is 2.00 bits per heavy atom. The minimum atomic E-state index is -0.279. The monoisotopic (exact) mass is 384 g/mol. The van der Waals surface area contributed by atoms with Crippen molar-refractivity contribution in [2.24, 2.45) is 0 Å². The van der Waals surface area contributed by atoms with Crippen molar-refractivity contribution in [1.82, 2.24) is 10.3 Å². The molecule has 4 rings (SSSR count). The summed E-state index contributed by atoms with van der Waals surface area (Å²) in [5.74, 6) is -0.279. The summed E-state index contributed by atoms with van der Waals surface area (Å²) in [6.07, 6.45) is 2.74. The normalized spacial score (nSPS) is 19.2. The molecule has 0 saturated carbocycles. The molecule has 0 radical (unpaired) electrons. The van der Waals surface area contributed by atoms with Crippen LogP contribution in [0, 0.1) is 5.82 Å². The molecule has 3 aromatic rings. The molecule has 0 aliphatic carbocycles. The quantitative estimate of drug-likeness (QED) is 0.627. The third-order valence-corrected chi connectivity index (χ3v) is 5.38. The average Bonchev–Trinajstić information content (AvgIpc) is 2.54. The molecule has 0 spiro atoms. The fourth-order valence-corrected chi connectivity index (χ4v) is 4.08. The van der Waals surface area contributed by atoms with Crippen LogP contribution in [0.3, 0.4) is 0 Å². The zero-order chi connectivity index (χ0) is 16.9.